The van der Waals surface area contributed by atoms with Crippen molar-refractivity contribution in [2.24, 2.45) is 52.8 Å². The molecule has 4 fully saturated rings. The lowest BCUT2D eigenvalue weighted by Crippen LogP contribution is -2.50. The van der Waals surface area contributed by atoms with Gasteiger partial charge in [0.25, 0.3) is 0 Å². The second-order valence-corrected chi connectivity index (χ2v) is 12.1. The van der Waals surface area contributed by atoms with Crippen LogP contribution in [0.15, 0.2) is 12.3 Å². The summed E-state index contributed by atoms with van der Waals surface area (Å²) in [6.07, 6.45) is 7.97. The summed E-state index contributed by atoms with van der Waals surface area (Å²) in [5.41, 5.74) is -0.940. The van der Waals surface area contributed by atoms with Gasteiger partial charge in [-0.3, -0.25) is 9.48 Å². The summed E-state index contributed by atoms with van der Waals surface area (Å²) in [7, 11) is 0. The lowest BCUT2D eigenvalue weighted by Gasteiger charge is -2.57. The molecule has 33 heavy (non-hydrogen) atoms. The smallest absolute Gasteiger partial charge is 0.297 e. The van der Waals surface area contributed by atoms with Crippen LogP contribution >= 0.6 is 0 Å². The highest BCUT2D eigenvalue weighted by Crippen LogP contribution is 2.66. The molecule has 0 aliphatic heterocycles. The molecule has 0 saturated heterocycles. The molecule has 6 heteroatoms. The Morgan fingerprint density at radius 1 is 1.12 bits per heavy atom. The molecular formula is C27H39F3N2O. The van der Waals surface area contributed by atoms with E-state index in [1.807, 2.05) is 0 Å². The number of ketones is 1. The van der Waals surface area contributed by atoms with E-state index in [-0.39, 0.29) is 23.7 Å². The molecule has 4 saturated carbocycles. The van der Waals surface area contributed by atoms with Crippen LogP contribution in [0.1, 0.15) is 84.3 Å². The molecule has 0 radical (unpaired) electrons. The van der Waals surface area contributed by atoms with Crippen molar-refractivity contribution in [3.8, 4) is 0 Å². The van der Waals surface area contributed by atoms with E-state index in [1.165, 1.54) is 49.4 Å². The van der Waals surface area contributed by atoms with Gasteiger partial charge in [-0.05, 0) is 97.9 Å². The van der Waals surface area contributed by atoms with E-state index in [4.69, 9.17) is 0 Å². The van der Waals surface area contributed by atoms with E-state index in [2.05, 4.69) is 25.9 Å². The van der Waals surface area contributed by atoms with Gasteiger partial charge in [0.05, 0.1) is 6.54 Å². The third kappa shape index (κ3) is 3.97. The maximum absolute atomic E-state index is 13.5. The summed E-state index contributed by atoms with van der Waals surface area (Å²) < 4.78 is 40.1. The minimum absolute atomic E-state index is 0.0201. The van der Waals surface area contributed by atoms with E-state index in [1.54, 1.807) is 0 Å². The Hall–Kier alpha value is -1.33. The van der Waals surface area contributed by atoms with Gasteiger partial charge in [0.1, 0.15) is 0 Å². The molecule has 0 aromatic carbocycles. The van der Waals surface area contributed by atoms with Crippen LogP contribution in [0.25, 0.3) is 0 Å². The SMILES string of the molecule is CCC1CC(C(=O)Cn2ccc(C(F)(F)F)n2)[C@@]2(C)CCC3C4CCC(C)CC4CCC3C12. The second-order valence-electron chi connectivity index (χ2n) is 12.1. The van der Waals surface area contributed by atoms with Crippen molar-refractivity contribution < 1.29 is 18.0 Å². The Morgan fingerprint density at radius 2 is 1.88 bits per heavy atom. The number of rotatable bonds is 4. The average Bonchev–Trinajstić information content (AvgIpc) is 3.35. The molecule has 0 N–H and O–H groups in total. The maximum atomic E-state index is 13.5. The highest BCUT2D eigenvalue weighted by atomic mass is 19.4. The monoisotopic (exact) mass is 464 g/mol. The molecule has 1 aromatic rings. The molecule has 4 aliphatic carbocycles. The zero-order chi connectivity index (χ0) is 23.5. The van der Waals surface area contributed by atoms with Gasteiger partial charge >= 0.3 is 6.18 Å². The first-order chi connectivity index (χ1) is 15.6. The Kier molecular flexibility index (Phi) is 5.96. The molecule has 0 amide bonds. The van der Waals surface area contributed by atoms with Gasteiger partial charge in [-0.1, -0.05) is 33.6 Å². The minimum atomic E-state index is -4.47. The maximum Gasteiger partial charge on any atom is 0.435 e. The molecule has 3 nitrogen and oxygen atoms in total. The largest absolute Gasteiger partial charge is 0.435 e. The number of fused-ring (bicyclic) bond motifs is 5. The first kappa shape index (κ1) is 23.4. The average molecular weight is 465 g/mol. The fourth-order valence-corrected chi connectivity index (χ4v) is 9.17. The van der Waals surface area contributed by atoms with Gasteiger partial charge in [-0.15, -0.1) is 0 Å². The fourth-order valence-electron chi connectivity index (χ4n) is 9.17. The molecule has 1 aromatic heterocycles. The number of hydrogen-bond donors (Lipinski definition) is 0. The molecule has 5 rings (SSSR count). The summed E-state index contributed by atoms with van der Waals surface area (Å²) in [4.78, 5) is 13.5. The first-order valence-corrected chi connectivity index (χ1v) is 13.2. The Labute approximate surface area is 195 Å². The summed E-state index contributed by atoms with van der Waals surface area (Å²) >= 11 is 0. The van der Waals surface area contributed by atoms with Crippen LogP contribution in [0, 0.1) is 52.8 Å². The quantitative estimate of drug-likeness (QED) is 0.480. The number of halogens is 3. The standard InChI is InChI=1S/C27H39F3N2O/c1-4-17-14-22(23(33)15-32-12-10-24(31-32)27(28,29)30)26(3)11-9-20-19-7-5-16(2)13-18(19)6-8-21(20)25(17)26/h10,12,16-22,25H,4-9,11,13-15H2,1-3H3/t16?,17?,18?,19?,20?,21?,22?,25?,26-/m1/s1. The number of aromatic nitrogens is 2. The zero-order valence-corrected chi connectivity index (χ0v) is 20.3. The van der Waals surface area contributed by atoms with Crippen LogP contribution in [0.4, 0.5) is 13.2 Å². The van der Waals surface area contributed by atoms with Gasteiger partial charge in [0.15, 0.2) is 11.5 Å². The third-order valence-electron chi connectivity index (χ3n) is 10.5. The van der Waals surface area contributed by atoms with Crippen molar-refractivity contribution in [3.05, 3.63) is 18.0 Å². The molecular weight excluding hydrogens is 425 g/mol. The number of alkyl halides is 3. The van der Waals surface area contributed by atoms with Crippen molar-refractivity contribution in [2.75, 3.05) is 0 Å². The van der Waals surface area contributed by atoms with Crippen LogP contribution in [-0.4, -0.2) is 15.6 Å². The van der Waals surface area contributed by atoms with Gasteiger partial charge in [0.2, 0.25) is 0 Å². The number of nitrogens with zero attached hydrogens (tertiary/aromatic N) is 2. The zero-order valence-electron chi connectivity index (χ0n) is 20.3. The van der Waals surface area contributed by atoms with Gasteiger partial charge < -0.3 is 0 Å². The topological polar surface area (TPSA) is 34.9 Å². The highest BCUT2D eigenvalue weighted by Gasteiger charge is 2.61. The van der Waals surface area contributed by atoms with Gasteiger partial charge in [-0.25, -0.2) is 0 Å². The van der Waals surface area contributed by atoms with Gasteiger partial charge in [-0.2, -0.15) is 18.3 Å². The molecule has 4 aliphatic rings. The minimum Gasteiger partial charge on any atom is -0.297 e. The predicted molar refractivity (Wildman–Crippen MR) is 121 cm³/mol. The molecule has 9 atom stereocenters. The number of Topliss-reactive ketones (excluding diaryl/α,β-unsaturated/α-hetero) is 1. The van der Waals surface area contributed by atoms with Crippen LogP contribution < -0.4 is 0 Å². The molecule has 0 spiro atoms. The predicted octanol–water partition coefficient (Wildman–Crippen LogP) is 7.01. The molecule has 0 bridgehead atoms. The van der Waals surface area contributed by atoms with E-state index >= 15 is 0 Å². The second kappa shape index (κ2) is 8.41. The molecule has 8 unspecified atom stereocenters. The van der Waals surface area contributed by atoms with Crippen LogP contribution in [0.2, 0.25) is 0 Å². The summed E-state index contributed by atoms with van der Waals surface area (Å²) in [6.45, 7) is 6.97. The van der Waals surface area contributed by atoms with Crippen LogP contribution in [0.3, 0.4) is 0 Å². The van der Waals surface area contributed by atoms with Crippen molar-refractivity contribution >= 4 is 5.78 Å². The number of hydrogen-bond acceptors (Lipinski definition) is 2. The normalized spacial score (nSPS) is 43.0. The van der Waals surface area contributed by atoms with E-state index in [9.17, 15) is 18.0 Å². The first-order valence-electron chi connectivity index (χ1n) is 13.2. The third-order valence-corrected chi connectivity index (χ3v) is 10.5. The summed E-state index contributed by atoms with van der Waals surface area (Å²) in [5, 5.41) is 3.65. The fraction of sp³-hybridized carbons (Fsp3) is 0.852. The van der Waals surface area contributed by atoms with E-state index in [0.717, 1.165) is 54.9 Å². The van der Waals surface area contributed by atoms with Crippen molar-refractivity contribution in [3.63, 3.8) is 0 Å². The van der Waals surface area contributed by atoms with Gasteiger partial charge in [0, 0.05) is 12.1 Å². The Morgan fingerprint density at radius 3 is 2.58 bits per heavy atom. The summed E-state index contributed by atoms with van der Waals surface area (Å²) in [5.74, 6) is 5.35. The lowest BCUT2D eigenvalue weighted by atomic mass is 9.48. The molecule has 184 valence electrons. The number of carbonyl (C=O) groups excluding carboxylic acids is 1. The number of carbonyl (C=O) groups is 1. The van der Waals surface area contributed by atoms with Crippen LogP contribution in [0.5, 0.6) is 0 Å². The van der Waals surface area contributed by atoms with Crippen molar-refractivity contribution in [1.29, 1.82) is 0 Å². The lowest BCUT2D eigenvalue weighted by molar-refractivity contribution is -0.142. The van der Waals surface area contributed by atoms with Crippen molar-refractivity contribution in [2.45, 2.75) is 91.3 Å². The van der Waals surface area contributed by atoms with Crippen molar-refractivity contribution in [1.82, 2.24) is 9.78 Å². The highest BCUT2D eigenvalue weighted by molar-refractivity contribution is 5.82. The Bertz CT molecular complexity index is 879. The van der Waals surface area contributed by atoms with E-state index < -0.39 is 11.9 Å². The van der Waals surface area contributed by atoms with E-state index in [0.29, 0.717) is 11.8 Å². The Balaban J connectivity index is 1.35. The summed E-state index contributed by atoms with van der Waals surface area (Å²) in [6, 6.07) is 0.968. The molecule has 1 heterocycles. The van der Waals surface area contributed by atoms with Crippen LogP contribution in [-0.2, 0) is 17.5 Å².